The van der Waals surface area contributed by atoms with Gasteiger partial charge in [-0.15, -0.1) is 24.0 Å². The van der Waals surface area contributed by atoms with Crippen molar-refractivity contribution in [3.63, 3.8) is 0 Å². The average molecular weight is 509 g/mol. The van der Waals surface area contributed by atoms with Crippen molar-refractivity contribution in [1.82, 2.24) is 15.6 Å². The molecule has 29 heavy (non-hydrogen) atoms. The molecule has 0 aliphatic carbocycles. The summed E-state index contributed by atoms with van der Waals surface area (Å²) in [5.41, 5.74) is 2.17. The van der Waals surface area contributed by atoms with Crippen LogP contribution in [-0.2, 0) is 13.1 Å². The van der Waals surface area contributed by atoms with E-state index in [1.807, 2.05) is 30.5 Å². The molecule has 1 aromatic heterocycles. The summed E-state index contributed by atoms with van der Waals surface area (Å²) < 4.78 is 5.70. The smallest absolute Gasteiger partial charge is 0.191 e. The Morgan fingerprint density at radius 3 is 2.48 bits per heavy atom. The van der Waals surface area contributed by atoms with Crippen molar-refractivity contribution in [3.05, 3.63) is 66.4 Å². The van der Waals surface area contributed by atoms with Crippen molar-refractivity contribution >= 4 is 35.8 Å². The summed E-state index contributed by atoms with van der Waals surface area (Å²) in [5.74, 6) is 2.58. The van der Waals surface area contributed by atoms with Crippen molar-refractivity contribution in [2.24, 2.45) is 4.99 Å². The number of rotatable bonds is 10. The number of hydrogen-bond donors (Lipinski definition) is 2. The summed E-state index contributed by atoms with van der Waals surface area (Å²) in [6.07, 6.45) is 3.65. The molecule has 0 spiro atoms. The summed E-state index contributed by atoms with van der Waals surface area (Å²) in [4.78, 5) is 11.1. The van der Waals surface area contributed by atoms with Crippen LogP contribution in [-0.4, -0.2) is 37.7 Å². The number of guanidine groups is 1. The number of ether oxygens (including phenoxy) is 1. The Labute approximate surface area is 191 Å². The predicted molar refractivity (Wildman–Crippen MR) is 132 cm³/mol. The maximum atomic E-state index is 5.70. The summed E-state index contributed by atoms with van der Waals surface area (Å²) in [5, 5.41) is 6.65. The van der Waals surface area contributed by atoms with Gasteiger partial charge in [-0.2, -0.15) is 0 Å². The number of aromatic nitrogens is 1. The molecule has 2 N–H and O–H groups in total. The minimum Gasteiger partial charge on any atom is -0.489 e. The molecule has 0 saturated carbocycles. The van der Waals surface area contributed by atoms with Crippen molar-refractivity contribution in [2.75, 3.05) is 31.6 Å². The minimum atomic E-state index is 0. The van der Waals surface area contributed by atoms with Gasteiger partial charge in [0.25, 0.3) is 0 Å². The second-order valence-corrected chi connectivity index (χ2v) is 6.18. The van der Waals surface area contributed by atoms with Gasteiger partial charge < -0.3 is 20.3 Å². The predicted octanol–water partition coefficient (Wildman–Crippen LogP) is 3.98. The van der Waals surface area contributed by atoms with Gasteiger partial charge in [0.2, 0.25) is 0 Å². The molecule has 158 valence electrons. The SMILES string of the molecule is C=CCOc1ccccc1CNC(=NC)NCc1ccc(N(CC)CC)nc1.I. The first kappa shape index (κ1) is 24.7. The van der Waals surface area contributed by atoms with E-state index in [-0.39, 0.29) is 24.0 Å². The maximum absolute atomic E-state index is 5.70. The van der Waals surface area contributed by atoms with Gasteiger partial charge in [0, 0.05) is 45.0 Å². The Balaban J connectivity index is 0.00000420. The number of nitrogens with zero attached hydrogens (tertiary/aromatic N) is 3. The van der Waals surface area contributed by atoms with Gasteiger partial charge in [-0.3, -0.25) is 4.99 Å². The van der Waals surface area contributed by atoms with Crippen LogP contribution in [0, 0.1) is 0 Å². The number of aliphatic imine (C=N–C) groups is 1. The van der Waals surface area contributed by atoms with E-state index < -0.39 is 0 Å². The molecule has 1 heterocycles. The molecule has 0 fully saturated rings. The maximum Gasteiger partial charge on any atom is 0.191 e. The van der Waals surface area contributed by atoms with Gasteiger partial charge in [-0.1, -0.05) is 36.9 Å². The first-order chi connectivity index (χ1) is 13.7. The molecule has 0 amide bonds. The van der Waals surface area contributed by atoms with E-state index in [1.165, 1.54) is 0 Å². The Hall–Kier alpha value is -2.29. The molecule has 0 aliphatic rings. The zero-order valence-corrected chi connectivity index (χ0v) is 19.8. The summed E-state index contributed by atoms with van der Waals surface area (Å²) in [7, 11) is 1.76. The molecule has 0 saturated heterocycles. The highest BCUT2D eigenvalue weighted by molar-refractivity contribution is 14.0. The van der Waals surface area contributed by atoms with Gasteiger partial charge in [0.15, 0.2) is 5.96 Å². The molecule has 0 radical (unpaired) electrons. The van der Waals surface area contributed by atoms with Crippen LogP contribution in [0.2, 0.25) is 0 Å². The first-order valence-electron chi connectivity index (χ1n) is 9.67. The Morgan fingerprint density at radius 2 is 1.86 bits per heavy atom. The van der Waals surface area contributed by atoms with E-state index >= 15 is 0 Å². The third-order valence-corrected chi connectivity index (χ3v) is 4.36. The zero-order chi connectivity index (χ0) is 20.2. The normalized spacial score (nSPS) is 10.7. The van der Waals surface area contributed by atoms with Crippen molar-refractivity contribution in [2.45, 2.75) is 26.9 Å². The lowest BCUT2D eigenvalue weighted by Crippen LogP contribution is -2.36. The van der Waals surface area contributed by atoms with E-state index in [4.69, 9.17) is 4.74 Å². The fraction of sp³-hybridized carbons (Fsp3) is 0.364. The molecule has 0 atom stereocenters. The molecule has 1 aromatic carbocycles. The number of para-hydroxylation sites is 1. The lowest BCUT2D eigenvalue weighted by atomic mass is 10.2. The Morgan fingerprint density at radius 1 is 1.14 bits per heavy atom. The lowest BCUT2D eigenvalue weighted by molar-refractivity contribution is 0.358. The Bertz CT molecular complexity index is 760. The van der Waals surface area contributed by atoms with Crippen LogP contribution in [0.5, 0.6) is 5.75 Å². The van der Waals surface area contributed by atoms with Gasteiger partial charge in [0.05, 0.1) is 0 Å². The van der Waals surface area contributed by atoms with Gasteiger partial charge in [-0.25, -0.2) is 4.98 Å². The highest BCUT2D eigenvalue weighted by atomic mass is 127. The number of anilines is 1. The van der Waals surface area contributed by atoms with Crippen LogP contribution in [0.3, 0.4) is 0 Å². The van der Waals surface area contributed by atoms with E-state index in [2.05, 4.69) is 58.1 Å². The topological polar surface area (TPSA) is 61.8 Å². The summed E-state index contributed by atoms with van der Waals surface area (Å²) in [6.45, 7) is 11.6. The van der Waals surface area contributed by atoms with Crippen molar-refractivity contribution in [3.8, 4) is 5.75 Å². The number of hydrogen-bond acceptors (Lipinski definition) is 4. The van der Waals surface area contributed by atoms with E-state index in [0.717, 1.165) is 41.7 Å². The fourth-order valence-electron chi connectivity index (χ4n) is 2.78. The first-order valence-corrected chi connectivity index (χ1v) is 9.67. The highest BCUT2D eigenvalue weighted by Gasteiger charge is 2.06. The lowest BCUT2D eigenvalue weighted by Gasteiger charge is -2.19. The van der Waals surface area contributed by atoms with Crippen LogP contribution in [0.1, 0.15) is 25.0 Å². The minimum absolute atomic E-state index is 0. The van der Waals surface area contributed by atoms with Crippen molar-refractivity contribution < 1.29 is 4.74 Å². The molecule has 0 aliphatic heterocycles. The third-order valence-electron chi connectivity index (χ3n) is 4.36. The number of pyridine rings is 1. The van der Waals surface area contributed by atoms with Gasteiger partial charge >= 0.3 is 0 Å². The molecule has 0 bridgehead atoms. The fourth-order valence-corrected chi connectivity index (χ4v) is 2.78. The molecule has 7 heteroatoms. The van der Waals surface area contributed by atoms with Crippen LogP contribution in [0.4, 0.5) is 5.82 Å². The zero-order valence-electron chi connectivity index (χ0n) is 17.5. The van der Waals surface area contributed by atoms with Crippen LogP contribution < -0.4 is 20.3 Å². The molecule has 2 rings (SSSR count). The largest absolute Gasteiger partial charge is 0.489 e. The van der Waals surface area contributed by atoms with Gasteiger partial charge in [-0.05, 0) is 31.5 Å². The van der Waals surface area contributed by atoms with E-state index in [0.29, 0.717) is 19.7 Å². The number of benzene rings is 1. The van der Waals surface area contributed by atoms with Crippen LogP contribution in [0.15, 0.2) is 60.2 Å². The number of nitrogens with one attached hydrogen (secondary N) is 2. The van der Waals surface area contributed by atoms with Crippen molar-refractivity contribution in [1.29, 1.82) is 0 Å². The molecular formula is C22H32IN5O. The third kappa shape index (κ3) is 7.92. The van der Waals surface area contributed by atoms with Crippen LogP contribution in [0.25, 0.3) is 0 Å². The Kier molecular flexibility index (Phi) is 11.8. The molecule has 2 aromatic rings. The molecular weight excluding hydrogens is 477 g/mol. The second-order valence-electron chi connectivity index (χ2n) is 6.18. The second kappa shape index (κ2) is 13.8. The number of halogens is 1. The summed E-state index contributed by atoms with van der Waals surface area (Å²) in [6, 6.07) is 12.1. The van der Waals surface area contributed by atoms with Crippen LogP contribution >= 0.6 is 24.0 Å². The summed E-state index contributed by atoms with van der Waals surface area (Å²) >= 11 is 0. The quantitative estimate of drug-likeness (QED) is 0.220. The molecule has 6 nitrogen and oxygen atoms in total. The van der Waals surface area contributed by atoms with E-state index in [1.54, 1.807) is 13.1 Å². The monoisotopic (exact) mass is 509 g/mol. The van der Waals surface area contributed by atoms with E-state index in [9.17, 15) is 0 Å². The standard InChI is InChI=1S/C22H31N5O.HI/c1-5-14-28-20-11-9-8-10-19(20)17-26-22(23-4)25-16-18-12-13-21(24-15-18)27(6-2)7-3;/h5,8-13,15H,1,6-7,14,16-17H2,2-4H3,(H2,23,25,26);1H. The van der Waals surface area contributed by atoms with Gasteiger partial charge in [0.1, 0.15) is 18.2 Å². The molecule has 0 unspecified atom stereocenters. The average Bonchev–Trinajstić information content (AvgIpc) is 2.75. The highest BCUT2D eigenvalue weighted by Crippen LogP contribution is 2.17.